The third-order valence-corrected chi connectivity index (χ3v) is 6.95. The lowest BCUT2D eigenvalue weighted by atomic mass is 10.2. The number of amides is 1. The number of pyridine rings is 1. The van der Waals surface area contributed by atoms with Crippen LogP contribution in [0.3, 0.4) is 0 Å². The van der Waals surface area contributed by atoms with Crippen molar-refractivity contribution in [3.05, 3.63) is 45.2 Å². The van der Waals surface area contributed by atoms with Crippen LogP contribution in [0.2, 0.25) is 0 Å². The van der Waals surface area contributed by atoms with Crippen molar-refractivity contribution in [2.24, 2.45) is 0 Å². The summed E-state index contributed by atoms with van der Waals surface area (Å²) in [7, 11) is 0. The Morgan fingerprint density at radius 1 is 1.21 bits per heavy atom. The maximum Gasteiger partial charge on any atom is 0.267 e. The van der Waals surface area contributed by atoms with Crippen LogP contribution in [0.15, 0.2) is 34.1 Å². The molecule has 0 N–H and O–H groups in total. The van der Waals surface area contributed by atoms with Crippen molar-refractivity contribution in [1.29, 1.82) is 0 Å². The van der Waals surface area contributed by atoms with Gasteiger partial charge in [0.15, 0.2) is 0 Å². The highest BCUT2D eigenvalue weighted by atomic mass is 32.2. The molecule has 2 aromatic heterocycles. The van der Waals surface area contributed by atoms with Crippen LogP contribution < -0.4 is 10.5 Å². The summed E-state index contributed by atoms with van der Waals surface area (Å²) in [5.41, 5.74) is 0.876. The SMILES string of the molecule is CC(C)N1C(=O)/C(=C/c2c(N3CCSCC3)nc3ccccn3c2=O)SC1=S. The van der Waals surface area contributed by atoms with Crippen LogP contribution in [0.25, 0.3) is 11.7 Å². The number of thiocarbonyl (C=S) groups is 1. The second-order valence-electron chi connectivity index (χ2n) is 6.83. The Morgan fingerprint density at radius 3 is 2.64 bits per heavy atom. The van der Waals surface area contributed by atoms with Crippen LogP contribution in [-0.4, -0.2) is 55.1 Å². The van der Waals surface area contributed by atoms with E-state index in [4.69, 9.17) is 17.2 Å². The first-order valence-electron chi connectivity index (χ1n) is 9.08. The van der Waals surface area contributed by atoms with Crippen LogP contribution in [0.4, 0.5) is 5.82 Å². The third kappa shape index (κ3) is 3.46. The molecule has 2 aliphatic heterocycles. The van der Waals surface area contributed by atoms with Gasteiger partial charge < -0.3 is 4.90 Å². The second kappa shape index (κ2) is 7.88. The highest BCUT2D eigenvalue weighted by Gasteiger charge is 2.34. The van der Waals surface area contributed by atoms with E-state index in [0.717, 1.165) is 24.6 Å². The molecule has 0 spiro atoms. The van der Waals surface area contributed by atoms with Gasteiger partial charge in [0, 0.05) is 36.8 Å². The van der Waals surface area contributed by atoms with E-state index in [1.54, 1.807) is 23.2 Å². The molecular formula is C19H20N4O2S3. The predicted octanol–water partition coefficient (Wildman–Crippen LogP) is 2.86. The quantitative estimate of drug-likeness (QED) is 0.546. The molecule has 4 rings (SSSR count). The Balaban J connectivity index is 1.88. The number of carbonyl (C=O) groups is 1. The molecule has 0 atom stereocenters. The number of fused-ring (bicyclic) bond motifs is 1. The number of carbonyl (C=O) groups excluding carboxylic acids is 1. The molecule has 146 valence electrons. The van der Waals surface area contributed by atoms with E-state index in [0.29, 0.717) is 26.3 Å². The van der Waals surface area contributed by atoms with Crippen molar-refractivity contribution >= 4 is 63.5 Å². The van der Waals surface area contributed by atoms with Crippen molar-refractivity contribution in [3.63, 3.8) is 0 Å². The Bertz CT molecular complexity index is 1040. The number of thioether (sulfide) groups is 2. The van der Waals surface area contributed by atoms with Crippen LogP contribution in [-0.2, 0) is 4.79 Å². The molecule has 6 nitrogen and oxygen atoms in total. The van der Waals surface area contributed by atoms with E-state index in [1.165, 1.54) is 16.2 Å². The summed E-state index contributed by atoms with van der Waals surface area (Å²) >= 11 is 8.51. The normalized spacial score (nSPS) is 19.5. The highest BCUT2D eigenvalue weighted by Crippen LogP contribution is 2.34. The Kier molecular flexibility index (Phi) is 5.48. The lowest BCUT2D eigenvalue weighted by Crippen LogP contribution is -2.36. The number of hydrogen-bond acceptors (Lipinski definition) is 7. The molecule has 0 bridgehead atoms. The molecule has 0 unspecified atom stereocenters. The van der Waals surface area contributed by atoms with Gasteiger partial charge in [-0.3, -0.25) is 18.9 Å². The second-order valence-corrected chi connectivity index (χ2v) is 9.73. The van der Waals surface area contributed by atoms with Gasteiger partial charge in [0.25, 0.3) is 11.5 Å². The van der Waals surface area contributed by atoms with Crippen LogP contribution >= 0.6 is 35.7 Å². The van der Waals surface area contributed by atoms with Crippen molar-refractivity contribution in [2.45, 2.75) is 19.9 Å². The fraction of sp³-hybridized carbons (Fsp3) is 0.368. The lowest BCUT2D eigenvalue weighted by Gasteiger charge is -2.28. The van der Waals surface area contributed by atoms with Gasteiger partial charge in [0.2, 0.25) is 0 Å². The van der Waals surface area contributed by atoms with E-state index >= 15 is 0 Å². The van der Waals surface area contributed by atoms with Crippen molar-refractivity contribution < 1.29 is 4.79 Å². The van der Waals surface area contributed by atoms with E-state index in [1.807, 2.05) is 37.7 Å². The largest absolute Gasteiger partial charge is 0.354 e. The van der Waals surface area contributed by atoms with Crippen LogP contribution in [0.1, 0.15) is 19.4 Å². The summed E-state index contributed by atoms with van der Waals surface area (Å²) in [6.07, 6.45) is 3.38. The van der Waals surface area contributed by atoms with Gasteiger partial charge in [0.05, 0.1) is 10.5 Å². The van der Waals surface area contributed by atoms with Gasteiger partial charge in [-0.15, -0.1) is 0 Å². The first-order chi connectivity index (χ1) is 13.5. The van der Waals surface area contributed by atoms with Crippen molar-refractivity contribution in [2.75, 3.05) is 29.5 Å². The molecule has 9 heteroatoms. The number of aromatic nitrogens is 2. The topological polar surface area (TPSA) is 57.9 Å². The zero-order valence-electron chi connectivity index (χ0n) is 15.6. The summed E-state index contributed by atoms with van der Waals surface area (Å²) in [6, 6.07) is 5.47. The molecule has 2 fully saturated rings. The van der Waals surface area contributed by atoms with Crippen molar-refractivity contribution in [3.8, 4) is 0 Å². The molecule has 0 saturated carbocycles. The fourth-order valence-electron chi connectivity index (χ4n) is 3.29. The summed E-state index contributed by atoms with van der Waals surface area (Å²) in [6.45, 7) is 5.51. The highest BCUT2D eigenvalue weighted by molar-refractivity contribution is 8.26. The zero-order valence-corrected chi connectivity index (χ0v) is 18.1. The molecule has 0 aromatic carbocycles. The van der Waals surface area contributed by atoms with Gasteiger partial charge in [-0.1, -0.05) is 30.0 Å². The standard InChI is InChI=1S/C19H20N4O2S3/c1-12(2)23-18(25)14(28-19(23)26)11-13-16(21-7-9-27-10-8-21)20-15-5-3-4-6-22(15)17(13)24/h3-6,11-12H,7-10H2,1-2H3/b14-11-. The summed E-state index contributed by atoms with van der Waals surface area (Å²) in [5.74, 6) is 2.48. The molecule has 0 aliphatic carbocycles. The first-order valence-corrected chi connectivity index (χ1v) is 11.5. The first kappa shape index (κ1) is 19.5. The van der Waals surface area contributed by atoms with E-state index in [2.05, 4.69) is 4.90 Å². The minimum absolute atomic E-state index is 0.0205. The fourth-order valence-corrected chi connectivity index (χ4v) is 5.70. The predicted molar refractivity (Wildman–Crippen MR) is 121 cm³/mol. The maximum absolute atomic E-state index is 13.3. The number of anilines is 1. The van der Waals surface area contributed by atoms with E-state index in [-0.39, 0.29) is 17.5 Å². The van der Waals surface area contributed by atoms with E-state index < -0.39 is 0 Å². The molecule has 2 aromatic rings. The Morgan fingerprint density at radius 2 is 1.96 bits per heavy atom. The average Bonchev–Trinajstić information content (AvgIpc) is 2.98. The Hall–Kier alpha value is -1.84. The van der Waals surface area contributed by atoms with Gasteiger partial charge in [-0.25, -0.2) is 4.98 Å². The van der Waals surface area contributed by atoms with Crippen molar-refractivity contribution in [1.82, 2.24) is 14.3 Å². The minimum atomic E-state index is -0.173. The van der Waals surface area contributed by atoms with Crippen LogP contribution in [0.5, 0.6) is 0 Å². The molecule has 0 radical (unpaired) electrons. The summed E-state index contributed by atoms with van der Waals surface area (Å²) in [5, 5.41) is 0. The molecular weight excluding hydrogens is 412 g/mol. The maximum atomic E-state index is 13.3. The smallest absolute Gasteiger partial charge is 0.267 e. The lowest BCUT2D eigenvalue weighted by molar-refractivity contribution is -0.123. The molecule has 1 amide bonds. The van der Waals surface area contributed by atoms with Gasteiger partial charge in [-0.05, 0) is 32.1 Å². The average molecular weight is 433 g/mol. The number of nitrogens with zero attached hydrogens (tertiary/aromatic N) is 4. The molecule has 2 aliphatic rings. The number of rotatable bonds is 3. The minimum Gasteiger partial charge on any atom is -0.354 e. The summed E-state index contributed by atoms with van der Waals surface area (Å²) in [4.78, 5) is 35.1. The Labute approximate surface area is 177 Å². The number of hydrogen-bond donors (Lipinski definition) is 0. The van der Waals surface area contributed by atoms with Gasteiger partial charge in [0.1, 0.15) is 15.8 Å². The van der Waals surface area contributed by atoms with Gasteiger partial charge >= 0.3 is 0 Å². The van der Waals surface area contributed by atoms with Crippen LogP contribution in [0, 0.1) is 0 Å². The third-order valence-electron chi connectivity index (χ3n) is 4.67. The van der Waals surface area contributed by atoms with Gasteiger partial charge in [-0.2, -0.15) is 11.8 Å². The van der Waals surface area contributed by atoms with E-state index in [9.17, 15) is 9.59 Å². The zero-order chi connectivity index (χ0) is 19.8. The molecule has 28 heavy (non-hydrogen) atoms. The summed E-state index contributed by atoms with van der Waals surface area (Å²) < 4.78 is 2.05. The molecule has 4 heterocycles. The molecule has 2 saturated heterocycles. The monoisotopic (exact) mass is 432 g/mol.